The Kier molecular flexibility index (Phi) is 7.07. The molecule has 0 aromatic rings. The Balaban J connectivity index is 3.59. The molecule has 0 rings (SSSR count). The van der Waals surface area contributed by atoms with Crippen molar-refractivity contribution in [2.45, 2.75) is 45.6 Å². The number of hydrogen-bond acceptors (Lipinski definition) is 1. The predicted octanol–water partition coefficient (Wildman–Crippen LogP) is 2.78. The summed E-state index contributed by atoms with van der Waals surface area (Å²) in [6, 6.07) is 0.0963. The first-order valence-corrected chi connectivity index (χ1v) is 4.85. The molecule has 1 amide bonds. The second-order valence-electron chi connectivity index (χ2n) is 3.01. The standard InChI is InChI=1S/C10H19NO2/c1-3-5-6-7-8-9(4-2)11-10(12)13/h5-6,9,11H,3-4,7-8H2,1-2H3,(H,12,13)/b6-5+. The number of nitrogens with one attached hydrogen (secondary N) is 1. The summed E-state index contributed by atoms with van der Waals surface area (Å²) < 4.78 is 0. The van der Waals surface area contributed by atoms with Crippen LogP contribution in [-0.2, 0) is 0 Å². The van der Waals surface area contributed by atoms with E-state index in [-0.39, 0.29) is 6.04 Å². The molecule has 3 nitrogen and oxygen atoms in total. The van der Waals surface area contributed by atoms with Gasteiger partial charge >= 0.3 is 6.09 Å². The van der Waals surface area contributed by atoms with Gasteiger partial charge in [-0.25, -0.2) is 4.79 Å². The third-order valence-electron chi connectivity index (χ3n) is 1.90. The van der Waals surface area contributed by atoms with Gasteiger partial charge in [-0.3, -0.25) is 0 Å². The van der Waals surface area contributed by atoms with Crippen molar-refractivity contribution in [2.75, 3.05) is 0 Å². The van der Waals surface area contributed by atoms with Crippen LogP contribution in [0.15, 0.2) is 12.2 Å². The lowest BCUT2D eigenvalue weighted by molar-refractivity contribution is 0.188. The van der Waals surface area contributed by atoms with Crippen molar-refractivity contribution in [2.24, 2.45) is 0 Å². The first-order valence-electron chi connectivity index (χ1n) is 4.85. The van der Waals surface area contributed by atoms with Gasteiger partial charge in [-0.2, -0.15) is 0 Å². The highest BCUT2D eigenvalue weighted by molar-refractivity contribution is 5.64. The molecule has 0 heterocycles. The lowest BCUT2D eigenvalue weighted by Crippen LogP contribution is -2.32. The number of amides is 1. The molecule has 0 aromatic carbocycles. The average molecular weight is 185 g/mol. The molecular formula is C10H19NO2. The molecule has 1 unspecified atom stereocenters. The van der Waals surface area contributed by atoms with Crippen LogP contribution in [0.1, 0.15) is 39.5 Å². The summed E-state index contributed by atoms with van der Waals surface area (Å²) in [4.78, 5) is 10.3. The van der Waals surface area contributed by atoms with E-state index in [1.807, 2.05) is 6.92 Å². The summed E-state index contributed by atoms with van der Waals surface area (Å²) in [5.74, 6) is 0. The fraction of sp³-hybridized carbons (Fsp3) is 0.700. The number of allylic oxidation sites excluding steroid dienone is 2. The topological polar surface area (TPSA) is 49.3 Å². The molecule has 0 aromatic heterocycles. The van der Waals surface area contributed by atoms with Gasteiger partial charge in [-0.1, -0.05) is 26.0 Å². The second-order valence-corrected chi connectivity index (χ2v) is 3.01. The molecule has 0 saturated carbocycles. The first kappa shape index (κ1) is 12.0. The Morgan fingerprint density at radius 2 is 2.15 bits per heavy atom. The maximum absolute atomic E-state index is 10.3. The van der Waals surface area contributed by atoms with E-state index in [0.29, 0.717) is 0 Å². The zero-order valence-corrected chi connectivity index (χ0v) is 8.42. The lowest BCUT2D eigenvalue weighted by Gasteiger charge is -2.12. The number of carbonyl (C=O) groups is 1. The second kappa shape index (κ2) is 7.65. The molecule has 2 N–H and O–H groups in total. The van der Waals surface area contributed by atoms with Crippen molar-refractivity contribution >= 4 is 6.09 Å². The predicted molar refractivity (Wildman–Crippen MR) is 53.9 cm³/mol. The Hall–Kier alpha value is -0.990. The molecule has 0 aliphatic rings. The highest BCUT2D eigenvalue weighted by atomic mass is 16.4. The van der Waals surface area contributed by atoms with Crippen LogP contribution in [0.2, 0.25) is 0 Å². The normalized spacial score (nSPS) is 13.1. The molecule has 13 heavy (non-hydrogen) atoms. The van der Waals surface area contributed by atoms with E-state index in [1.54, 1.807) is 0 Å². The Bertz CT molecular complexity index is 166. The van der Waals surface area contributed by atoms with E-state index in [1.165, 1.54) is 0 Å². The summed E-state index contributed by atoms with van der Waals surface area (Å²) in [5.41, 5.74) is 0. The summed E-state index contributed by atoms with van der Waals surface area (Å²) in [6.45, 7) is 4.08. The molecule has 0 bridgehead atoms. The first-order chi connectivity index (χ1) is 6.20. The third kappa shape index (κ3) is 7.37. The molecule has 0 aliphatic carbocycles. The molecule has 76 valence electrons. The van der Waals surface area contributed by atoms with Crippen LogP contribution in [0.4, 0.5) is 4.79 Å². The zero-order chi connectivity index (χ0) is 10.1. The summed E-state index contributed by atoms with van der Waals surface area (Å²) >= 11 is 0. The fourth-order valence-electron chi connectivity index (χ4n) is 1.13. The SMILES string of the molecule is CC/C=C/CCC(CC)NC(=O)O. The zero-order valence-electron chi connectivity index (χ0n) is 8.42. The van der Waals surface area contributed by atoms with Gasteiger partial charge in [-0.05, 0) is 25.7 Å². The molecule has 0 spiro atoms. The van der Waals surface area contributed by atoms with Gasteiger partial charge in [0.15, 0.2) is 0 Å². The van der Waals surface area contributed by atoms with Gasteiger partial charge in [-0.15, -0.1) is 0 Å². The monoisotopic (exact) mass is 185 g/mol. The molecule has 0 fully saturated rings. The summed E-state index contributed by atoms with van der Waals surface area (Å²) in [5, 5.41) is 11.0. The van der Waals surface area contributed by atoms with Crippen LogP contribution in [0.25, 0.3) is 0 Å². The van der Waals surface area contributed by atoms with E-state index in [9.17, 15) is 4.79 Å². The van der Waals surface area contributed by atoms with Crippen LogP contribution in [-0.4, -0.2) is 17.2 Å². The van der Waals surface area contributed by atoms with Crippen LogP contribution in [0.3, 0.4) is 0 Å². The third-order valence-corrected chi connectivity index (χ3v) is 1.90. The molecular weight excluding hydrogens is 166 g/mol. The quantitative estimate of drug-likeness (QED) is 0.625. The van der Waals surface area contributed by atoms with Gasteiger partial charge in [0.25, 0.3) is 0 Å². The van der Waals surface area contributed by atoms with Crippen molar-refractivity contribution in [1.82, 2.24) is 5.32 Å². The van der Waals surface area contributed by atoms with Gasteiger partial charge in [0.2, 0.25) is 0 Å². The van der Waals surface area contributed by atoms with E-state index in [4.69, 9.17) is 5.11 Å². The largest absolute Gasteiger partial charge is 0.465 e. The lowest BCUT2D eigenvalue weighted by atomic mass is 10.1. The van der Waals surface area contributed by atoms with Gasteiger partial charge in [0.05, 0.1) is 0 Å². The number of hydrogen-bond donors (Lipinski definition) is 2. The van der Waals surface area contributed by atoms with Crippen molar-refractivity contribution in [3.8, 4) is 0 Å². The number of carboxylic acid groups (broad SMARTS) is 1. The fourth-order valence-corrected chi connectivity index (χ4v) is 1.13. The maximum Gasteiger partial charge on any atom is 0.404 e. The Morgan fingerprint density at radius 3 is 2.62 bits per heavy atom. The van der Waals surface area contributed by atoms with E-state index < -0.39 is 6.09 Å². The minimum atomic E-state index is -0.925. The number of rotatable bonds is 6. The highest BCUT2D eigenvalue weighted by Crippen LogP contribution is 2.02. The molecule has 3 heteroatoms. The van der Waals surface area contributed by atoms with Crippen molar-refractivity contribution < 1.29 is 9.90 Å². The molecule has 1 atom stereocenters. The van der Waals surface area contributed by atoms with Gasteiger partial charge in [0, 0.05) is 6.04 Å². The minimum Gasteiger partial charge on any atom is -0.465 e. The van der Waals surface area contributed by atoms with Crippen LogP contribution < -0.4 is 5.32 Å². The van der Waals surface area contributed by atoms with Crippen molar-refractivity contribution in [1.29, 1.82) is 0 Å². The highest BCUT2D eigenvalue weighted by Gasteiger charge is 2.06. The van der Waals surface area contributed by atoms with E-state index >= 15 is 0 Å². The van der Waals surface area contributed by atoms with E-state index in [0.717, 1.165) is 25.7 Å². The summed E-state index contributed by atoms with van der Waals surface area (Å²) in [6.07, 6.45) is 7.02. The van der Waals surface area contributed by atoms with Gasteiger partial charge in [0.1, 0.15) is 0 Å². The average Bonchev–Trinajstić information content (AvgIpc) is 2.09. The van der Waals surface area contributed by atoms with Crippen LogP contribution in [0.5, 0.6) is 0 Å². The van der Waals surface area contributed by atoms with Crippen LogP contribution >= 0.6 is 0 Å². The summed E-state index contributed by atoms with van der Waals surface area (Å²) in [7, 11) is 0. The molecule has 0 saturated heterocycles. The van der Waals surface area contributed by atoms with Crippen molar-refractivity contribution in [3.63, 3.8) is 0 Å². The smallest absolute Gasteiger partial charge is 0.404 e. The Labute approximate surface area is 79.8 Å². The van der Waals surface area contributed by atoms with Gasteiger partial charge < -0.3 is 10.4 Å². The van der Waals surface area contributed by atoms with Crippen molar-refractivity contribution in [3.05, 3.63) is 12.2 Å². The Morgan fingerprint density at radius 1 is 1.46 bits per heavy atom. The molecule has 0 aliphatic heterocycles. The maximum atomic E-state index is 10.3. The van der Waals surface area contributed by atoms with E-state index in [2.05, 4.69) is 24.4 Å². The molecule has 0 radical (unpaired) electrons. The minimum absolute atomic E-state index is 0.0963. The van der Waals surface area contributed by atoms with Crippen LogP contribution in [0, 0.1) is 0 Å².